The number of benzene rings is 1. The minimum atomic E-state index is 0.207. The molecule has 90 valence electrons. The van der Waals surface area contributed by atoms with E-state index < -0.39 is 0 Å². The summed E-state index contributed by atoms with van der Waals surface area (Å²) in [5.74, 6) is 1.34. The smallest absolute Gasteiger partial charge is 0.158 e. The molecule has 0 aliphatic heterocycles. The molecule has 0 N–H and O–H groups in total. The molecule has 0 spiro atoms. The zero-order chi connectivity index (χ0) is 12.4. The molecule has 1 atom stereocenters. The van der Waals surface area contributed by atoms with Crippen LogP contribution in [0.5, 0.6) is 5.75 Å². The molecule has 0 aromatic heterocycles. The lowest BCUT2D eigenvalue weighted by molar-refractivity contribution is -0.114. The first-order valence-electron chi connectivity index (χ1n) is 6.06. The van der Waals surface area contributed by atoms with Crippen molar-refractivity contribution < 1.29 is 9.53 Å². The molecule has 17 heavy (non-hydrogen) atoms. The fraction of sp³-hybridized carbons (Fsp3) is 0.400. The summed E-state index contributed by atoms with van der Waals surface area (Å²) in [4.78, 5) is 11.5. The summed E-state index contributed by atoms with van der Waals surface area (Å²) >= 11 is 0. The standard InChI is InChI=1S/C15H18O2/c1-4-11-9-12(5-8-15(11)17-3)13-6-7-14(16)10(13)2/h5,8-9,13H,2,4,6-7H2,1,3H3. The number of hydrogen-bond donors (Lipinski definition) is 0. The molecule has 2 heteroatoms. The van der Waals surface area contributed by atoms with E-state index in [9.17, 15) is 4.79 Å². The Morgan fingerprint density at radius 2 is 2.24 bits per heavy atom. The molecule has 1 aromatic carbocycles. The van der Waals surface area contributed by atoms with Crippen molar-refractivity contribution >= 4 is 5.78 Å². The Morgan fingerprint density at radius 3 is 2.76 bits per heavy atom. The van der Waals surface area contributed by atoms with Gasteiger partial charge >= 0.3 is 0 Å². The SMILES string of the molecule is C=C1C(=O)CCC1c1ccc(OC)c(CC)c1. The zero-order valence-corrected chi connectivity index (χ0v) is 10.5. The van der Waals surface area contributed by atoms with Crippen LogP contribution in [0.15, 0.2) is 30.4 Å². The summed E-state index contributed by atoms with van der Waals surface area (Å²) in [6, 6.07) is 6.18. The van der Waals surface area contributed by atoms with Crippen molar-refractivity contribution in [3.63, 3.8) is 0 Å². The summed E-state index contributed by atoms with van der Waals surface area (Å²) in [6.45, 7) is 6.02. The van der Waals surface area contributed by atoms with Crippen LogP contribution in [0.25, 0.3) is 0 Å². The second kappa shape index (κ2) is 4.74. The second-order valence-corrected chi connectivity index (χ2v) is 4.46. The summed E-state index contributed by atoms with van der Waals surface area (Å²) in [5, 5.41) is 0. The number of ether oxygens (including phenoxy) is 1. The molecule has 0 amide bonds. The predicted molar refractivity (Wildman–Crippen MR) is 68.5 cm³/mol. The van der Waals surface area contributed by atoms with Gasteiger partial charge in [0.2, 0.25) is 0 Å². The average molecular weight is 230 g/mol. The van der Waals surface area contributed by atoms with Gasteiger partial charge in [-0.3, -0.25) is 4.79 Å². The highest BCUT2D eigenvalue weighted by atomic mass is 16.5. The van der Waals surface area contributed by atoms with Crippen molar-refractivity contribution in [2.45, 2.75) is 32.1 Å². The molecule has 1 aliphatic rings. The van der Waals surface area contributed by atoms with Gasteiger partial charge in [0.05, 0.1) is 7.11 Å². The van der Waals surface area contributed by atoms with E-state index in [0.717, 1.165) is 24.2 Å². The van der Waals surface area contributed by atoms with Gasteiger partial charge in [-0.05, 0) is 35.6 Å². The highest BCUT2D eigenvalue weighted by Crippen LogP contribution is 2.37. The topological polar surface area (TPSA) is 26.3 Å². The fourth-order valence-corrected chi connectivity index (χ4v) is 2.46. The molecule has 1 aromatic rings. The van der Waals surface area contributed by atoms with Gasteiger partial charge in [-0.2, -0.15) is 0 Å². The number of hydrogen-bond acceptors (Lipinski definition) is 2. The van der Waals surface area contributed by atoms with Crippen LogP contribution in [0.1, 0.15) is 36.8 Å². The van der Waals surface area contributed by atoms with Crippen LogP contribution in [0.3, 0.4) is 0 Å². The molecule has 0 saturated heterocycles. The lowest BCUT2D eigenvalue weighted by atomic mass is 9.92. The van der Waals surface area contributed by atoms with Crippen LogP contribution >= 0.6 is 0 Å². The number of carbonyl (C=O) groups is 1. The lowest BCUT2D eigenvalue weighted by Crippen LogP contribution is -2.00. The van der Waals surface area contributed by atoms with E-state index in [2.05, 4.69) is 19.6 Å². The van der Waals surface area contributed by atoms with Crippen LogP contribution in [0, 0.1) is 0 Å². The van der Waals surface area contributed by atoms with E-state index in [1.807, 2.05) is 12.1 Å². The van der Waals surface area contributed by atoms with E-state index in [0.29, 0.717) is 6.42 Å². The normalized spacial score (nSPS) is 19.8. The lowest BCUT2D eigenvalue weighted by Gasteiger charge is -2.14. The molecule has 1 unspecified atom stereocenters. The molecule has 1 fully saturated rings. The van der Waals surface area contributed by atoms with E-state index in [1.165, 1.54) is 11.1 Å². The number of carbonyl (C=O) groups excluding carboxylic acids is 1. The molecular formula is C15H18O2. The maximum absolute atomic E-state index is 11.5. The van der Waals surface area contributed by atoms with Crippen LogP contribution in [-0.4, -0.2) is 12.9 Å². The van der Waals surface area contributed by atoms with Crippen LogP contribution < -0.4 is 4.74 Å². The van der Waals surface area contributed by atoms with Crippen molar-refractivity contribution in [2.75, 3.05) is 7.11 Å². The number of methoxy groups -OCH3 is 1. The Morgan fingerprint density at radius 1 is 1.47 bits per heavy atom. The quantitative estimate of drug-likeness (QED) is 0.745. The maximum atomic E-state index is 11.5. The van der Waals surface area contributed by atoms with Gasteiger partial charge in [0.25, 0.3) is 0 Å². The maximum Gasteiger partial charge on any atom is 0.158 e. The number of allylic oxidation sites excluding steroid dienone is 1. The first kappa shape index (κ1) is 11.9. The summed E-state index contributed by atoms with van der Waals surface area (Å²) in [7, 11) is 1.69. The summed E-state index contributed by atoms with van der Waals surface area (Å²) in [5.41, 5.74) is 3.15. The largest absolute Gasteiger partial charge is 0.496 e. The van der Waals surface area contributed by atoms with Crippen LogP contribution in [0.2, 0.25) is 0 Å². The summed E-state index contributed by atoms with van der Waals surface area (Å²) < 4.78 is 5.31. The Balaban J connectivity index is 2.34. The van der Waals surface area contributed by atoms with Gasteiger partial charge in [0.15, 0.2) is 5.78 Å². The molecule has 2 nitrogen and oxygen atoms in total. The highest BCUT2D eigenvalue weighted by Gasteiger charge is 2.28. The van der Waals surface area contributed by atoms with Crippen molar-refractivity contribution in [1.82, 2.24) is 0 Å². The number of Topliss-reactive ketones (excluding diaryl/α,β-unsaturated/α-hetero) is 1. The Labute approximate surface area is 102 Å². The van der Waals surface area contributed by atoms with Crippen molar-refractivity contribution in [3.05, 3.63) is 41.5 Å². The van der Waals surface area contributed by atoms with Gasteiger partial charge < -0.3 is 4.74 Å². The highest BCUT2D eigenvalue weighted by molar-refractivity contribution is 5.98. The van der Waals surface area contributed by atoms with Gasteiger partial charge in [-0.15, -0.1) is 0 Å². The Hall–Kier alpha value is -1.57. The third kappa shape index (κ3) is 2.12. The Kier molecular flexibility index (Phi) is 3.32. The second-order valence-electron chi connectivity index (χ2n) is 4.46. The molecule has 2 rings (SSSR count). The molecule has 0 heterocycles. The van der Waals surface area contributed by atoms with Crippen molar-refractivity contribution in [1.29, 1.82) is 0 Å². The molecule has 0 bridgehead atoms. The zero-order valence-electron chi connectivity index (χ0n) is 10.5. The first-order valence-corrected chi connectivity index (χ1v) is 6.06. The van der Waals surface area contributed by atoms with Crippen molar-refractivity contribution in [2.24, 2.45) is 0 Å². The third-order valence-electron chi connectivity index (χ3n) is 3.53. The van der Waals surface area contributed by atoms with E-state index >= 15 is 0 Å². The average Bonchev–Trinajstić information content (AvgIpc) is 2.69. The molecular weight excluding hydrogens is 212 g/mol. The first-order chi connectivity index (χ1) is 8.17. The number of rotatable bonds is 3. The fourth-order valence-electron chi connectivity index (χ4n) is 2.46. The van der Waals surface area contributed by atoms with Gasteiger partial charge in [0, 0.05) is 12.3 Å². The minimum Gasteiger partial charge on any atom is -0.496 e. The monoisotopic (exact) mass is 230 g/mol. The van der Waals surface area contributed by atoms with Gasteiger partial charge in [0.1, 0.15) is 5.75 Å². The minimum absolute atomic E-state index is 0.207. The molecule has 1 saturated carbocycles. The Bertz CT molecular complexity index is 460. The van der Waals surface area contributed by atoms with Crippen LogP contribution in [0.4, 0.5) is 0 Å². The van der Waals surface area contributed by atoms with Gasteiger partial charge in [-0.25, -0.2) is 0 Å². The van der Waals surface area contributed by atoms with E-state index in [1.54, 1.807) is 7.11 Å². The third-order valence-corrected chi connectivity index (χ3v) is 3.53. The number of aryl methyl sites for hydroxylation is 1. The summed E-state index contributed by atoms with van der Waals surface area (Å²) in [6.07, 6.45) is 2.47. The molecule has 1 aliphatic carbocycles. The van der Waals surface area contributed by atoms with E-state index in [-0.39, 0.29) is 11.7 Å². The molecule has 0 radical (unpaired) electrons. The van der Waals surface area contributed by atoms with Gasteiger partial charge in [-0.1, -0.05) is 25.6 Å². The van der Waals surface area contributed by atoms with E-state index in [4.69, 9.17) is 4.74 Å². The van der Waals surface area contributed by atoms with Crippen molar-refractivity contribution in [3.8, 4) is 5.75 Å². The predicted octanol–water partition coefficient (Wildman–Crippen LogP) is 3.26. The number of ketones is 1. The van der Waals surface area contributed by atoms with Crippen LogP contribution in [-0.2, 0) is 11.2 Å².